The first kappa shape index (κ1) is 61.8. The third kappa shape index (κ3) is 21.1. The second-order valence-electron chi connectivity index (χ2n) is 14.1. The zero-order valence-corrected chi connectivity index (χ0v) is 40.9. The van der Waals surface area contributed by atoms with Gasteiger partial charge in [-0.2, -0.15) is 44.7 Å². The number of nitrogens with one attached hydrogen (secondary N) is 2. The Kier molecular flexibility index (Phi) is 25.8. The van der Waals surface area contributed by atoms with Gasteiger partial charge in [-0.05, 0) is 114 Å². The molecule has 0 unspecified atom stereocenters. The number of unbranched alkanes of at least 4 members (excludes halogenated alkanes) is 3. The Bertz CT molecular complexity index is 2740. The molecule has 5 aromatic heterocycles. The number of aryl methyl sites for hydroxylation is 1. The van der Waals surface area contributed by atoms with Crippen molar-refractivity contribution in [3.8, 4) is 22.8 Å². The molecule has 384 valence electrons. The number of carbonyl (C=O) groups is 3. The first-order valence-electron chi connectivity index (χ1n) is 20.5. The number of alkyl halides is 9. The average molecular weight is 1150 g/mol. The van der Waals surface area contributed by atoms with Gasteiger partial charge in [-0.15, -0.1) is 17.0 Å². The van der Waals surface area contributed by atoms with Crippen LogP contribution in [-0.2, 0) is 66.8 Å². The van der Waals surface area contributed by atoms with Crippen LogP contribution in [0.5, 0.6) is 0 Å². The summed E-state index contributed by atoms with van der Waals surface area (Å²) in [5.74, 6) is 0. The van der Waals surface area contributed by atoms with E-state index in [-0.39, 0.29) is 72.9 Å². The van der Waals surface area contributed by atoms with E-state index in [1.54, 1.807) is 17.4 Å². The fraction of sp³-hybridized carbons (Fsp3) is 0.188. The van der Waals surface area contributed by atoms with Gasteiger partial charge in [-0.1, -0.05) is 44.5 Å². The molecule has 0 fully saturated rings. The van der Waals surface area contributed by atoms with Gasteiger partial charge in [0.1, 0.15) is 5.71 Å². The molecule has 5 aromatic rings. The maximum atomic E-state index is 13.5. The van der Waals surface area contributed by atoms with E-state index in [9.17, 15) is 53.9 Å². The number of carbonyl (C=O) groups excluding carboxylic acids is 3. The van der Waals surface area contributed by atoms with Gasteiger partial charge in [0.05, 0.1) is 52.7 Å². The Labute approximate surface area is 433 Å². The minimum absolute atomic E-state index is 0. The number of thiocarbonyl (C=S) groups is 1. The summed E-state index contributed by atoms with van der Waals surface area (Å²) in [5.41, 5.74) is 3.34. The quantitative estimate of drug-likeness (QED) is 0.0114. The molecule has 5 heterocycles. The van der Waals surface area contributed by atoms with E-state index in [2.05, 4.69) is 65.4 Å². The Morgan fingerprint density at radius 2 is 1.23 bits per heavy atom. The van der Waals surface area contributed by atoms with E-state index in [0.717, 1.165) is 59.9 Å². The molecule has 73 heavy (non-hydrogen) atoms. The fourth-order valence-electron chi connectivity index (χ4n) is 5.84. The summed E-state index contributed by atoms with van der Waals surface area (Å²) in [6.07, 6.45) is 3.83. The van der Waals surface area contributed by atoms with Crippen LogP contribution in [0, 0.1) is 5.41 Å². The maximum Gasteiger partial charge on any atom is 2.00 e. The van der Waals surface area contributed by atoms with Crippen LogP contribution >= 0.6 is 23.6 Å². The van der Waals surface area contributed by atoms with Crippen molar-refractivity contribution in [3.05, 3.63) is 152 Å². The SMILES string of the molecule is CCCCCCc1ccc(/C=C/c2ccnc(/C([NH-])=C/C(=N)C(F)(F)F)c2)s1.O=CO/C=C/c1cc(-c2cc(/C=C/OC=O)c(C(F)(F)F)cn2)nc(-c2cc(/C=C/OC=O)c(C(F)(F)F)cn2)c1.[N-]=C=S.[Ru+2]. The van der Waals surface area contributed by atoms with Crippen molar-refractivity contribution >= 4 is 89.9 Å². The number of isothiocyanates is 1. The van der Waals surface area contributed by atoms with E-state index in [1.165, 1.54) is 66.2 Å². The van der Waals surface area contributed by atoms with Crippen molar-refractivity contribution in [2.75, 3.05) is 0 Å². The van der Waals surface area contributed by atoms with Crippen molar-refractivity contribution < 1.29 is 87.6 Å². The van der Waals surface area contributed by atoms with Crippen LogP contribution in [0.3, 0.4) is 0 Å². The van der Waals surface area contributed by atoms with Crippen LogP contribution < -0.4 is 0 Å². The minimum atomic E-state index is -4.82. The molecule has 5 rings (SSSR count). The normalized spacial score (nSPS) is 11.8. The molecule has 0 saturated carbocycles. The largest absolute Gasteiger partial charge is 2.00 e. The number of hydrogen-bond acceptors (Lipinski definition) is 13. The Morgan fingerprint density at radius 3 is 1.71 bits per heavy atom. The van der Waals surface area contributed by atoms with Crippen LogP contribution in [0.25, 0.3) is 70.0 Å². The van der Waals surface area contributed by atoms with Crippen LogP contribution in [-0.4, -0.2) is 56.4 Å². The van der Waals surface area contributed by atoms with Gasteiger partial charge in [0.15, 0.2) is 0 Å². The minimum Gasteiger partial charge on any atom is -0.753 e. The zero-order chi connectivity index (χ0) is 53.3. The third-order valence-corrected chi connectivity index (χ3v) is 10.2. The summed E-state index contributed by atoms with van der Waals surface area (Å²) < 4.78 is 132. The molecule has 0 bridgehead atoms. The first-order valence-corrected chi connectivity index (χ1v) is 21.7. The van der Waals surface area contributed by atoms with Gasteiger partial charge in [-0.25, -0.2) is 4.98 Å². The summed E-state index contributed by atoms with van der Waals surface area (Å²) in [4.78, 5) is 49.7. The molecule has 2 N–H and O–H groups in total. The number of pyridine rings is 4. The number of aromatic nitrogens is 4. The summed E-state index contributed by atoms with van der Waals surface area (Å²) in [6, 6.07) is 12.1. The summed E-state index contributed by atoms with van der Waals surface area (Å²) >= 11 is 5.43. The summed E-state index contributed by atoms with van der Waals surface area (Å²) in [6.45, 7) is 2.32. The van der Waals surface area contributed by atoms with Crippen molar-refractivity contribution in [1.29, 1.82) is 5.41 Å². The molecule has 0 radical (unpaired) electrons. The molecule has 0 aliphatic heterocycles. The number of hydrogen-bond donors (Lipinski definition) is 1. The second kappa shape index (κ2) is 30.5. The standard InChI is InChI=1S/C26H15F6N3O6.C21H23F3N3S.CNS.Ru/c27-25(28,29)19-11-33-21(9-17(19)2-5-40-14-37)23-7-16(1-4-39-13-36)8-24(35-23)22-10-18(3-6-41-15-38)20(12-34-22)26(30,31)32;1-2-3-4-5-6-16-9-10-17(28-16)8-7-15-11-12-27-19(13-15)18(25)14-20(26)21(22,23)24;2-1-3;/h1-15H;7-14,25-26H,2-6H2,1H3;;/q;2*-1;+2/b4-1+,5-2+,6-3+;8-7+,18-14-,26-20?;;. The van der Waals surface area contributed by atoms with E-state index < -0.39 is 52.2 Å². The van der Waals surface area contributed by atoms with Crippen LogP contribution in [0.1, 0.15) is 81.4 Å². The zero-order valence-electron chi connectivity index (χ0n) is 37.6. The first-order chi connectivity index (χ1) is 34.2. The Hall–Kier alpha value is -7.33. The van der Waals surface area contributed by atoms with E-state index >= 15 is 0 Å². The number of ether oxygens (including phenoxy) is 3. The van der Waals surface area contributed by atoms with Gasteiger partial charge in [0.25, 0.3) is 19.4 Å². The van der Waals surface area contributed by atoms with Crippen LogP contribution in [0.2, 0.25) is 0 Å². The van der Waals surface area contributed by atoms with Gasteiger partial charge < -0.3 is 25.4 Å². The molecular formula is C48H38F9N7O6RuS2. The van der Waals surface area contributed by atoms with E-state index in [0.29, 0.717) is 18.5 Å². The van der Waals surface area contributed by atoms with Gasteiger partial charge in [-0.3, -0.25) is 34.7 Å². The van der Waals surface area contributed by atoms with Crippen molar-refractivity contribution in [2.45, 2.75) is 57.6 Å². The summed E-state index contributed by atoms with van der Waals surface area (Å²) in [7, 11) is 0. The monoisotopic (exact) mass is 1150 g/mol. The van der Waals surface area contributed by atoms with E-state index in [4.69, 9.17) is 16.6 Å². The Balaban J connectivity index is 0.000000497. The molecule has 0 aliphatic rings. The molecule has 0 saturated heterocycles. The van der Waals surface area contributed by atoms with Crippen molar-refractivity contribution in [1.82, 2.24) is 19.9 Å². The molecule has 0 aliphatic carbocycles. The fourth-order valence-corrected chi connectivity index (χ4v) is 6.80. The maximum absolute atomic E-state index is 13.5. The van der Waals surface area contributed by atoms with Gasteiger partial charge in [0.2, 0.25) is 0 Å². The molecule has 0 amide bonds. The predicted molar refractivity (Wildman–Crippen MR) is 257 cm³/mol. The smallest absolute Gasteiger partial charge is 0.753 e. The number of allylic oxidation sites excluding steroid dienone is 1. The van der Waals surface area contributed by atoms with Gasteiger partial charge in [0, 0.05) is 34.0 Å². The number of halogens is 9. The van der Waals surface area contributed by atoms with Crippen LogP contribution in [0.15, 0.2) is 92.0 Å². The number of rotatable bonds is 20. The second-order valence-corrected chi connectivity index (χ2v) is 15.5. The molecule has 0 atom stereocenters. The van der Waals surface area contributed by atoms with Crippen LogP contribution in [0.4, 0.5) is 39.5 Å². The Morgan fingerprint density at radius 1 is 0.712 bits per heavy atom. The topological polar surface area (TPSA) is 200 Å². The number of thiophene rings is 1. The van der Waals surface area contributed by atoms with Gasteiger partial charge >= 0.3 is 38.0 Å². The third-order valence-electron chi connectivity index (χ3n) is 9.07. The molecule has 0 spiro atoms. The van der Waals surface area contributed by atoms with Crippen molar-refractivity contribution in [3.63, 3.8) is 0 Å². The average Bonchev–Trinajstić information content (AvgIpc) is 3.79. The summed E-state index contributed by atoms with van der Waals surface area (Å²) in [5, 5.41) is 15.4. The molecular weight excluding hydrogens is 1110 g/mol. The molecule has 25 heteroatoms. The molecule has 0 aromatic carbocycles. The van der Waals surface area contributed by atoms with E-state index in [1.807, 2.05) is 12.2 Å². The number of nitrogens with zero attached hydrogens (tertiary/aromatic N) is 5. The van der Waals surface area contributed by atoms with Crippen molar-refractivity contribution in [2.24, 2.45) is 0 Å². The molecule has 13 nitrogen and oxygen atoms in total. The predicted octanol–water partition coefficient (Wildman–Crippen LogP) is 13.7.